The molecule has 0 bridgehead atoms. The molecule has 0 spiro atoms. The maximum Gasteiger partial charge on any atom is 0.326 e. The van der Waals surface area contributed by atoms with Crippen molar-refractivity contribution < 1.29 is 24.6 Å². The predicted octanol–water partition coefficient (Wildman–Crippen LogP) is 1.25. The van der Waals surface area contributed by atoms with Crippen molar-refractivity contribution in [3.05, 3.63) is 65.7 Å². The van der Waals surface area contributed by atoms with Crippen molar-refractivity contribution in [2.24, 2.45) is 0 Å². The van der Waals surface area contributed by atoms with Gasteiger partial charge in [-0.3, -0.25) is 9.59 Å². The average Bonchev–Trinajstić information content (AvgIpc) is 2.62. The van der Waals surface area contributed by atoms with Crippen LogP contribution in [0, 0.1) is 0 Å². The van der Waals surface area contributed by atoms with Gasteiger partial charge >= 0.3 is 5.97 Å². The summed E-state index contributed by atoms with van der Waals surface area (Å²) in [4.78, 5) is 35.6. The molecule has 0 aliphatic carbocycles. The van der Waals surface area contributed by atoms with Crippen LogP contribution in [-0.4, -0.2) is 40.1 Å². The first-order valence-electron chi connectivity index (χ1n) is 8.47. The number of aromatic hydroxyl groups is 1. The van der Waals surface area contributed by atoms with Crippen LogP contribution in [0.1, 0.15) is 18.1 Å². The van der Waals surface area contributed by atoms with E-state index in [9.17, 15) is 24.6 Å². The summed E-state index contributed by atoms with van der Waals surface area (Å²) in [6, 6.07) is 13.2. The number of hydrogen-bond acceptors (Lipinski definition) is 4. The van der Waals surface area contributed by atoms with Crippen molar-refractivity contribution in [3.8, 4) is 5.75 Å². The number of amides is 2. The number of carboxylic acid groups (broad SMARTS) is 1. The number of nitrogens with one attached hydrogen (secondary N) is 2. The van der Waals surface area contributed by atoms with Crippen LogP contribution < -0.4 is 10.6 Å². The fourth-order valence-electron chi connectivity index (χ4n) is 2.64. The molecule has 0 aliphatic rings. The van der Waals surface area contributed by atoms with E-state index in [0.717, 1.165) is 11.1 Å². The highest BCUT2D eigenvalue weighted by molar-refractivity contribution is 5.90. The first-order valence-corrected chi connectivity index (χ1v) is 8.47. The van der Waals surface area contributed by atoms with Crippen molar-refractivity contribution in [1.82, 2.24) is 10.6 Å². The standard InChI is InChI=1S/C20H22N2O5/c1-13(23)21-17(11-15-7-9-16(24)10-8-15)19(25)22-18(20(26)27)12-14-5-3-2-4-6-14/h2-10,17-18,24H,11-12H2,1H3,(H,21,23)(H,22,25)(H,26,27)/t17-,18-/m1/s1. The molecule has 0 saturated heterocycles. The second-order valence-corrected chi connectivity index (χ2v) is 6.21. The number of hydrogen-bond donors (Lipinski definition) is 4. The van der Waals surface area contributed by atoms with Crippen LogP contribution in [-0.2, 0) is 27.2 Å². The second-order valence-electron chi connectivity index (χ2n) is 6.21. The largest absolute Gasteiger partial charge is 0.508 e. The Morgan fingerprint density at radius 1 is 0.852 bits per heavy atom. The van der Waals surface area contributed by atoms with E-state index in [1.54, 1.807) is 36.4 Å². The number of carbonyl (C=O) groups excluding carboxylic acids is 2. The van der Waals surface area contributed by atoms with E-state index in [2.05, 4.69) is 10.6 Å². The van der Waals surface area contributed by atoms with Gasteiger partial charge in [0.25, 0.3) is 0 Å². The predicted molar refractivity (Wildman–Crippen MR) is 99.1 cm³/mol. The number of aliphatic carboxylic acids is 1. The van der Waals surface area contributed by atoms with Crippen molar-refractivity contribution in [3.63, 3.8) is 0 Å². The topological polar surface area (TPSA) is 116 Å². The number of carboxylic acids is 1. The van der Waals surface area contributed by atoms with Crippen molar-refractivity contribution in [2.75, 3.05) is 0 Å². The molecule has 2 atom stereocenters. The highest BCUT2D eigenvalue weighted by atomic mass is 16.4. The molecule has 2 aromatic rings. The highest BCUT2D eigenvalue weighted by Crippen LogP contribution is 2.12. The van der Waals surface area contributed by atoms with E-state index in [1.165, 1.54) is 19.1 Å². The molecular formula is C20H22N2O5. The van der Waals surface area contributed by atoms with Crippen LogP contribution in [0.4, 0.5) is 0 Å². The third-order valence-corrected chi connectivity index (χ3v) is 3.97. The molecule has 2 aromatic carbocycles. The Kier molecular flexibility index (Phi) is 6.93. The summed E-state index contributed by atoms with van der Waals surface area (Å²) >= 11 is 0. The number of phenols is 1. The lowest BCUT2D eigenvalue weighted by Crippen LogP contribution is -2.52. The van der Waals surface area contributed by atoms with Crippen LogP contribution in [0.15, 0.2) is 54.6 Å². The average molecular weight is 370 g/mol. The normalized spacial score (nSPS) is 12.6. The van der Waals surface area contributed by atoms with Gasteiger partial charge in [0.05, 0.1) is 0 Å². The monoisotopic (exact) mass is 370 g/mol. The van der Waals surface area contributed by atoms with Crippen molar-refractivity contribution in [1.29, 1.82) is 0 Å². The fourth-order valence-corrected chi connectivity index (χ4v) is 2.64. The van der Waals surface area contributed by atoms with Crippen molar-refractivity contribution in [2.45, 2.75) is 31.8 Å². The van der Waals surface area contributed by atoms with E-state index >= 15 is 0 Å². The molecule has 2 rings (SSSR count). The Hall–Kier alpha value is -3.35. The first kappa shape index (κ1) is 20.0. The maximum atomic E-state index is 12.6. The zero-order valence-corrected chi connectivity index (χ0v) is 14.9. The van der Waals surface area contributed by atoms with Gasteiger partial charge in [0.2, 0.25) is 11.8 Å². The molecule has 7 nitrogen and oxygen atoms in total. The molecule has 0 aliphatic heterocycles. The van der Waals surface area contributed by atoms with Gasteiger partial charge in [-0.25, -0.2) is 4.79 Å². The number of carbonyl (C=O) groups is 3. The number of rotatable bonds is 8. The molecule has 27 heavy (non-hydrogen) atoms. The van der Waals surface area contributed by atoms with Gasteiger partial charge in [-0.2, -0.15) is 0 Å². The molecule has 7 heteroatoms. The molecule has 2 amide bonds. The van der Waals surface area contributed by atoms with Crippen LogP contribution in [0.5, 0.6) is 5.75 Å². The van der Waals surface area contributed by atoms with Crippen molar-refractivity contribution >= 4 is 17.8 Å². The van der Waals surface area contributed by atoms with E-state index in [1.807, 2.05) is 6.07 Å². The van der Waals surface area contributed by atoms with Gasteiger partial charge in [-0.1, -0.05) is 42.5 Å². The minimum atomic E-state index is -1.15. The zero-order valence-electron chi connectivity index (χ0n) is 14.9. The van der Waals surface area contributed by atoms with Gasteiger partial charge in [-0.05, 0) is 23.3 Å². The van der Waals surface area contributed by atoms with Gasteiger partial charge in [0.1, 0.15) is 17.8 Å². The third kappa shape index (κ3) is 6.47. The summed E-state index contributed by atoms with van der Waals surface area (Å²) in [7, 11) is 0. The molecular weight excluding hydrogens is 348 g/mol. The quantitative estimate of drug-likeness (QED) is 0.558. The van der Waals surface area contributed by atoms with Crippen LogP contribution in [0.2, 0.25) is 0 Å². The molecule has 0 fully saturated rings. The minimum Gasteiger partial charge on any atom is -0.508 e. The lowest BCUT2D eigenvalue weighted by molar-refractivity contribution is -0.142. The Balaban J connectivity index is 2.10. The molecule has 0 radical (unpaired) electrons. The van der Waals surface area contributed by atoms with E-state index in [4.69, 9.17) is 0 Å². The van der Waals surface area contributed by atoms with Gasteiger partial charge in [0, 0.05) is 19.8 Å². The Morgan fingerprint density at radius 2 is 1.41 bits per heavy atom. The summed E-state index contributed by atoms with van der Waals surface area (Å²) < 4.78 is 0. The molecule has 0 unspecified atom stereocenters. The minimum absolute atomic E-state index is 0.0908. The van der Waals surface area contributed by atoms with E-state index in [-0.39, 0.29) is 18.6 Å². The first-order chi connectivity index (χ1) is 12.8. The second kappa shape index (κ2) is 9.38. The van der Waals surface area contributed by atoms with Gasteiger partial charge in [0.15, 0.2) is 0 Å². The molecule has 4 N–H and O–H groups in total. The Morgan fingerprint density at radius 3 is 1.96 bits per heavy atom. The van der Waals surface area contributed by atoms with Crippen LogP contribution in [0.3, 0.4) is 0 Å². The SMILES string of the molecule is CC(=O)N[C@H](Cc1ccc(O)cc1)C(=O)N[C@H](Cc1ccccc1)C(=O)O. The van der Waals surface area contributed by atoms with E-state index < -0.39 is 29.9 Å². The molecule has 142 valence electrons. The Bertz CT molecular complexity index is 790. The highest BCUT2D eigenvalue weighted by Gasteiger charge is 2.26. The summed E-state index contributed by atoms with van der Waals surface area (Å²) in [5, 5.41) is 23.8. The van der Waals surface area contributed by atoms with Gasteiger partial charge in [-0.15, -0.1) is 0 Å². The molecule has 0 heterocycles. The van der Waals surface area contributed by atoms with Gasteiger partial charge < -0.3 is 20.8 Å². The Labute approximate surface area is 157 Å². The smallest absolute Gasteiger partial charge is 0.326 e. The third-order valence-electron chi connectivity index (χ3n) is 3.97. The summed E-state index contributed by atoms with van der Waals surface area (Å²) in [5.41, 5.74) is 1.50. The zero-order chi connectivity index (χ0) is 19.8. The number of phenolic OH excluding ortho intramolecular Hbond substituents is 1. The number of benzene rings is 2. The van der Waals surface area contributed by atoms with Crippen LogP contribution in [0.25, 0.3) is 0 Å². The molecule has 0 saturated carbocycles. The lowest BCUT2D eigenvalue weighted by Gasteiger charge is -2.21. The summed E-state index contributed by atoms with van der Waals surface area (Å²) in [6.07, 6.45) is 0.303. The summed E-state index contributed by atoms with van der Waals surface area (Å²) in [5.74, 6) is -2.04. The maximum absolute atomic E-state index is 12.6. The van der Waals surface area contributed by atoms with E-state index in [0.29, 0.717) is 0 Å². The lowest BCUT2D eigenvalue weighted by atomic mass is 10.0. The fraction of sp³-hybridized carbons (Fsp3) is 0.250. The summed E-state index contributed by atoms with van der Waals surface area (Å²) in [6.45, 7) is 1.29. The molecule has 0 aromatic heterocycles. The van der Waals surface area contributed by atoms with Crippen LogP contribution >= 0.6 is 0 Å².